The minimum atomic E-state index is -0.758. The zero-order valence-corrected chi connectivity index (χ0v) is 40.1. The van der Waals surface area contributed by atoms with Crippen molar-refractivity contribution in [2.24, 2.45) is 0 Å². The normalized spacial score (nSPS) is 11.8. The van der Waals surface area contributed by atoms with E-state index in [0.29, 0.717) is 19.3 Å². The maximum Gasteiger partial charge on any atom is 0.306 e. The van der Waals surface area contributed by atoms with Gasteiger partial charge in [0.05, 0.1) is 0 Å². The van der Waals surface area contributed by atoms with Gasteiger partial charge in [0.15, 0.2) is 6.10 Å². The maximum atomic E-state index is 12.7. The van der Waals surface area contributed by atoms with E-state index in [1.54, 1.807) is 0 Å². The highest BCUT2D eigenvalue weighted by Gasteiger charge is 2.19. The summed E-state index contributed by atoms with van der Waals surface area (Å²) in [6.07, 6.45) is 52.6. The molecule has 0 fully saturated rings. The molecule has 59 heavy (non-hydrogen) atoms. The van der Waals surface area contributed by atoms with Crippen LogP contribution in [0.3, 0.4) is 0 Å². The van der Waals surface area contributed by atoms with Crippen molar-refractivity contribution in [2.75, 3.05) is 13.2 Å². The van der Waals surface area contributed by atoms with Gasteiger partial charge >= 0.3 is 17.9 Å². The van der Waals surface area contributed by atoms with Crippen molar-refractivity contribution >= 4 is 17.9 Å². The van der Waals surface area contributed by atoms with Gasteiger partial charge in [0, 0.05) is 19.3 Å². The van der Waals surface area contributed by atoms with Gasteiger partial charge in [0.2, 0.25) is 0 Å². The minimum Gasteiger partial charge on any atom is -0.462 e. The molecular weight excluding hydrogens is 733 g/mol. The lowest BCUT2D eigenvalue weighted by Gasteiger charge is -2.18. The molecule has 6 heteroatoms. The van der Waals surface area contributed by atoms with Crippen molar-refractivity contribution in [2.45, 2.75) is 309 Å². The van der Waals surface area contributed by atoms with Crippen molar-refractivity contribution in [3.8, 4) is 0 Å². The summed E-state index contributed by atoms with van der Waals surface area (Å²) in [5.74, 6) is -0.851. The van der Waals surface area contributed by atoms with Gasteiger partial charge in [0.25, 0.3) is 0 Å². The molecule has 0 aliphatic rings. The van der Waals surface area contributed by atoms with E-state index in [2.05, 4.69) is 20.8 Å². The van der Waals surface area contributed by atoms with Crippen LogP contribution in [0.15, 0.2) is 0 Å². The van der Waals surface area contributed by atoms with Gasteiger partial charge in [-0.3, -0.25) is 14.4 Å². The summed E-state index contributed by atoms with van der Waals surface area (Å²) in [6, 6.07) is 0. The Bertz CT molecular complexity index is 874. The molecule has 0 rings (SSSR count). The van der Waals surface area contributed by atoms with E-state index in [9.17, 15) is 14.4 Å². The molecule has 1 atom stereocenters. The van der Waals surface area contributed by atoms with Crippen molar-refractivity contribution in [3.63, 3.8) is 0 Å². The topological polar surface area (TPSA) is 78.9 Å². The van der Waals surface area contributed by atoms with E-state index in [4.69, 9.17) is 14.2 Å². The second kappa shape index (κ2) is 49.1. The molecule has 0 aliphatic carbocycles. The van der Waals surface area contributed by atoms with Crippen molar-refractivity contribution in [3.05, 3.63) is 0 Å². The Morgan fingerprint density at radius 1 is 0.271 bits per heavy atom. The summed E-state index contributed by atoms with van der Waals surface area (Å²) in [6.45, 7) is 6.63. The zero-order valence-electron chi connectivity index (χ0n) is 40.1. The summed E-state index contributed by atoms with van der Waals surface area (Å²) in [5, 5.41) is 0. The SMILES string of the molecule is CCCCCCCCCCCCCCCCCCCCCCCCCC(=O)OCC(COC(=O)CCCCCCCCC)OC(=O)CCCCCCCCCCCCC. The van der Waals surface area contributed by atoms with Gasteiger partial charge in [-0.05, 0) is 19.3 Å². The first-order valence-corrected chi connectivity index (χ1v) is 26.5. The molecule has 0 aromatic heterocycles. The molecule has 350 valence electrons. The van der Waals surface area contributed by atoms with E-state index < -0.39 is 6.10 Å². The molecule has 0 N–H and O–H groups in total. The van der Waals surface area contributed by atoms with Gasteiger partial charge in [-0.1, -0.05) is 265 Å². The number of carbonyl (C=O) groups is 3. The Morgan fingerprint density at radius 3 is 0.678 bits per heavy atom. The molecule has 0 bridgehead atoms. The third-order valence-electron chi connectivity index (χ3n) is 12.1. The number of rotatable bonds is 49. The Kier molecular flexibility index (Phi) is 47.7. The molecule has 0 aromatic rings. The Balaban J connectivity index is 4.05. The van der Waals surface area contributed by atoms with Crippen LogP contribution in [-0.2, 0) is 28.6 Å². The van der Waals surface area contributed by atoms with Crippen LogP contribution < -0.4 is 0 Å². The molecule has 0 saturated heterocycles. The van der Waals surface area contributed by atoms with E-state index in [-0.39, 0.29) is 31.1 Å². The molecule has 6 nitrogen and oxygen atoms in total. The number of unbranched alkanes of at least 4 members (excludes halogenated alkanes) is 38. The first-order chi connectivity index (χ1) is 29.0. The summed E-state index contributed by atoms with van der Waals surface area (Å²) in [5.41, 5.74) is 0. The van der Waals surface area contributed by atoms with Crippen molar-refractivity contribution in [1.82, 2.24) is 0 Å². The lowest BCUT2D eigenvalue weighted by Crippen LogP contribution is -2.30. The van der Waals surface area contributed by atoms with Crippen LogP contribution in [0, 0.1) is 0 Å². The van der Waals surface area contributed by atoms with Crippen LogP contribution in [-0.4, -0.2) is 37.2 Å². The number of hydrogen-bond acceptors (Lipinski definition) is 6. The number of carbonyl (C=O) groups excluding carboxylic acids is 3. The fourth-order valence-corrected chi connectivity index (χ4v) is 8.09. The predicted molar refractivity (Wildman–Crippen MR) is 252 cm³/mol. The zero-order chi connectivity index (χ0) is 43.0. The highest BCUT2D eigenvalue weighted by molar-refractivity contribution is 5.71. The highest BCUT2D eigenvalue weighted by atomic mass is 16.6. The van der Waals surface area contributed by atoms with Gasteiger partial charge in [-0.25, -0.2) is 0 Å². The molecule has 0 aromatic carbocycles. The van der Waals surface area contributed by atoms with Crippen LogP contribution in [0.4, 0.5) is 0 Å². The van der Waals surface area contributed by atoms with Gasteiger partial charge in [0.1, 0.15) is 13.2 Å². The van der Waals surface area contributed by atoms with Gasteiger partial charge in [-0.15, -0.1) is 0 Å². The molecular formula is C53H102O6. The quantitative estimate of drug-likeness (QED) is 0.0345. The smallest absolute Gasteiger partial charge is 0.306 e. The highest BCUT2D eigenvalue weighted by Crippen LogP contribution is 2.17. The molecule has 1 unspecified atom stereocenters. The molecule has 0 spiro atoms. The average molecular weight is 835 g/mol. The van der Waals surface area contributed by atoms with Gasteiger partial charge < -0.3 is 14.2 Å². The van der Waals surface area contributed by atoms with E-state index in [0.717, 1.165) is 57.8 Å². The fourth-order valence-electron chi connectivity index (χ4n) is 8.09. The molecule has 0 radical (unpaired) electrons. The Labute approximate surface area is 368 Å². The second-order valence-electron chi connectivity index (χ2n) is 18.2. The molecule has 0 amide bonds. The van der Waals surface area contributed by atoms with Crippen LogP contribution in [0.5, 0.6) is 0 Å². The number of ether oxygens (including phenoxy) is 3. The summed E-state index contributed by atoms with van der Waals surface area (Å²) in [7, 11) is 0. The van der Waals surface area contributed by atoms with E-state index >= 15 is 0 Å². The van der Waals surface area contributed by atoms with E-state index in [1.165, 1.54) is 205 Å². The molecule has 0 aliphatic heterocycles. The summed E-state index contributed by atoms with van der Waals surface area (Å²) in [4.78, 5) is 37.7. The lowest BCUT2D eigenvalue weighted by atomic mass is 10.0. The third kappa shape index (κ3) is 47.3. The standard InChI is InChI=1S/C53H102O6/c1-4-7-10-13-16-18-20-21-22-23-24-25-26-27-28-29-30-31-33-34-37-40-43-46-52(55)58-49-50(48-57-51(54)45-42-39-36-15-12-9-6-3)59-53(56)47-44-41-38-35-32-19-17-14-11-8-5-2/h50H,4-49H2,1-3H3. The average Bonchev–Trinajstić information content (AvgIpc) is 3.23. The van der Waals surface area contributed by atoms with E-state index in [1.807, 2.05) is 0 Å². The first kappa shape index (κ1) is 57.4. The minimum absolute atomic E-state index is 0.0626. The number of hydrogen-bond donors (Lipinski definition) is 0. The van der Waals surface area contributed by atoms with Crippen LogP contribution >= 0.6 is 0 Å². The van der Waals surface area contributed by atoms with Crippen LogP contribution in [0.25, 0.3) is 0 Å². The monoisotopic (exact) mass is 835 g/mol. The lowest BCUT2D eigenvalue weighted by molar-refractivity contribution is -0.167. The maximum absolute atomic E-state index is 12.7. The van der Waals surface area contributed by atoms with Gasteiger partial charge in [-0.2, -0.15) is 0 Å². The summed E-state index contributed by atoms with van der Waals surface area (Å²) < 4.78 is 16.7. The largest absolute Gasteiger partial charge is 0.462 e. The fraction of sp³-hybridized carbons (Fsp3) is 0.943. The Hall–Kier alpha value is -1.59. The Morgan fingerprint density at radius 2 is 0.458 bits per heavy atom. The van der Waals surface area contributed by atoms with Crippen LogP contribution in [0.2, 0.25) is 0 Å². The van der Waals surface area contributed by atoms with Crippen LogP contribution in [0.1, 0.15) is 303 Å². The van der Waals surface area contributed by atoms with Crippen molar-refractivity contribution in [1.29, 1.82) is 0 Å². The first-order valence-electron chi connectivity index (χ1n) is 26.5. The second-order valence-corrected chi connectivity index (χ2v) is 18.2. The predicted octanol–water partition coefficient (Wildman–Crippen LogP) is 17.2. The molecule has 0 heterocycles. The molecule has 0 saturated carbocycles. The number of esters is 3. The third-order valence-corrected chi connectivity index (χ3v) is 12.1. The van der Waals surface area contributed by atoms with Crippen molar-refractivity contribution < 1.29 is 28.6 Å². The summed E-state index contributed by atoms with van der Waals surface area (Å²) >= 11 is 0.